The van der Waals surface area contributed by atoms with Gasteiger partial charge in [0, 0.05) is 4.47 Å². The summed E-state index contributed by atoms with van der Waals surface area (Å²) in [6.45, 7) is 3.83. The van der Waals surface area contributed by atoms with Crippen molar-refractivity contribution in [2.75, 3.05) is 20.3 Å². The monoisotopic (exact) mass is 502 g/mol. The highest BCUT2D eigenvalue weighted by molar-refractivity contribution is 9.10. The Labute approximate surface area is 194 Å². The van der Waals surface area contributed by atoms with Gasteiger partial charge < -0.3 is 19.5 Å². The van der Waals surface area contributed by atoms with Crippen molar-refractivity contribution in [3.63, 3.8) is 0 Å². The fourth-order valence-electron chi connectivity index (χ4n) is 3.14. The highest BCUT2D eigenvalue weighted by Gasteiger charge is 2.33. The Hall–Kier alpha value is -3.33. The van der Waals surface area contributed by atoms with E-state index in [0.29, 0.717) is 21.5 Å². The molecule has 0 bridgehead atoms. The molecular weight excluding hydrogens is 480 g/mol. The van der Waals surface area contributed by atoms with E-state index in [-0.39, 0.29) is 25.5 Å². The average Bonchev–Trinajstić information content (AvgIpc) is 3.01. The molecule has 168 valence electrons. The Balaban J connectivity index is 1.80. The SMILES string of the molecule is CCOC(=O)COc1cc(Br)c(/C=C2/NC(=O)N(Cc3cccc(C)c3)C2=O)cc1OC. The second-order valence-electron chi connectivity index (χ2n) is 6.99. The third-order valence-electron chi connectivity index (χ3n) is 4.62. The molecule has 32 heavy (non-hydrogen) atoms. The molecule has 0 saturated carbocycles. The lowest BCUT2D eigenvalue weighted by Gasteiger charge is -2.13. The Morgan fingerprint density at radius 1 is 1.19 bits per heavy atom. The minimum Gasteiger partial charge on any atom is -0.493 e. The van der Waals surface area contributed by atoms with Crippen molar-refractivity contribution >= 4 is 39.9 Å². The summed E-state index contributed by atoms with van der Waals surface area (Å²) in [5.41, 5.74) is 2.64. The molecule has 0 unspecified atom stereocenters. The van der Waals surface area contributed by atoms with Crippen LogP contribution in [0.5, 0.6) is 11.5 Å². The zero-order valence-corrected chi connectivity index (χ0v) is 19.5. The molecular formula is C23H23BrN2O6. The maximum Gasteiger partial charge on any atom is 0.344 e. The normalized spacial score (nSPS) is 14.5. The van der Waals surface area contributed by atoms with Gasteiger partial charge >= 0.3 is 12.0 Å². The Kier molecular flexibility index (Phi) is 7.53. The molecule has 0 aromatic heterocycles. The number of nitrogens with zero attached hydrogens (tertiary/aromatic N) is 1. The second kappa shape index (κ2) is 10.3. The van der Waals surface area contributed by atoms with Gasteiger partial charge in [-0.25, -0.2) is 9.59 Å². The molecule has 3 rings (SSSR count). The summed E-state index contributed by atoms with van der Waals surface area (Å²) in [7, 11) is 1.46. The number of hydrogen-bond acceptors (Lipinski definition) is 6. The largest absolute Gasteiger partial charge is 0.493 e. The number of imide groups is 1. The molecule has 1 saturated heterocycles. The zero-order chi connectivity index (χ0) is 23.3. The van der Waals surface area contributed by atoms with Crippen molar-refractivity contribution in [3.8, 4) is 11.5 Å². The van der Waals surface area contributed by atoms with Gasteiger partial charge in [-0.1, -0.05) is 45.8 Å². The van der Waals surface area contributed by atoms with Crippen molar-refractivity contribution in [1.29, 1.82) is 0 Å². The Morgan fingerprint density at radius 2 is 1.97 bits per heavy atom. The summed E-state index contributed by atoms with van der Waals surface area (Å²) < 4.78 is 16.3. The first-order valence-corrected chi connectivity index (χ1v) is 10.7. The van der Waals surface area contributed by atoms with Gasteiger partial charge in [-0.05, 0) is 43.2 Å². The number of rotatable bonds is 8. The number of methoxy groups -OCH3 is 1. The molecule has 2 aromatic carbocycles. The lowest BCUT2D eigenvalue weighted by molar-refractivity contribution is -0.145. The number of carbonyl (C=O) groups excluding carboxylic acids is 3. The molecule has 3 amide bonds. The number of ether oxygens (including phenoxy) is 3. The number of esters is 1. The van der Waals surface area contributed by atoms with Crippen molar-refractivity contribution in [1.82, 2.24) is 10.2 Å². The molecule has 0 spiro atoms. The van der Waals surface area contributed by atoms with Gasteiger partial charge in [0.25, 0.3) is 5.91 Å². The number of amides is 3. The number of benzene rings is 2. The van der Waals surface area contributed by atoms with Crippen molar-refractivity contribution in [2.24, 2.45) is 0 Å². The summed E-state index contributed by atoms with van der Waals surface area (Å²) >= 11 is 3.43. The topological polar surface area (TPSA) is 94.2 Å². The van der Waals surface area contributed by atoms with Crippen LogP contribution in [0, 0.1) is 6.92 Å². The summed E-state index contributed by atoms with van der Waals surface area (Å²) in [6, 6.07) is 10.4. The lowest BCUT2D eigenvalue weighted by atomic mass is 10.1. The van der Waals surface area contributed by atoms with Crippen molar-refractivity contribution < 1.29 is 28.6 Å². The van der Waals surface area contributed by atoms with Crippen LogP contribution in [-0.2, 0) is 20.9 Å². The van der Waals surface area contributed by atoms with Gasteiger partial charge in [-0.15, -0.1) is 0 Å². The van der Waals surface area contributed by atoms with E-state index in [0.717, 1.165) is 16.0 Å². The predicted molar refractivity (Wildman–Crippen MR) is 121 cm³/mol. The van der Waals surface area contributed by atoms with E-state index in [4.69, 9.17) is 14.2 Å². The Morgan fingerprint density at radius 3 is 2.66 bits per heavy atom. The van der Waals surface area contributed by atoms with Crippen molar-refractivity contribution in [3.05, 3.63) is 63.3 Å². The molecule has 1 heterocycles. The predicted octanol–water partition coefficient (Wildman–Crippen LogP) is 3.80. The second-order valence-corrected chi connectivity index (χ2v) is 7.84. The summed E-state index contributed by atoms with van der Waals surface area (Å²) in [6.07, 6.45) is 1.55. The van der Waals surface area contributed by atoms with Crippen LogP contribution in [0.15, 0.2) is 46.6 Å². The van der Waals surface area contributed by atoms with Gasteiger partial charge in [-0.3, -0.25) is 9.69 Å². The van der Waals surface area contributed by atoms with Gasteiger partial charge in [0.15, 0.2) is 18.1 Å². The number of halogens is 1. The van der Waals surface area contributed by atoms with E-state index in [1.54, 1.807) is 25.1 Å². The standard InChI is InChI=1S/C23H23BrN2O6/c1-4-31-21(27)13-32-20-11-17(24)16(10-19(20)30-3)9-18-22(28)26(23(29)25-18)12-15-7-5-6-14(2)8-15/h5-11H,4,12-13H2,1-3H3,(H,25,29)/b18-9+. The van der Waals surface area contributed by atoms with Crippen LogP contribution < -0.4 is 14.8 Å². The van der Waals surface area contributed by atoms with Crippen LogP contribution in [-0.4, -0.2) is 43.1 Å². The van der Waals surface area contributed by atoms with Crippen LogP contribution in [0.25, 0.3) is 6.08 Å². The third-order valence-corrected chi connectivity index (χ3v) is 5.31. The summed E-state index contributed by atoms with van der Waals surface area (Å²) in [5, 5.41) is 2.61. The van der Waals surface area contributed by atoms with Gasteiger partial charge in [-0.2, -0.15) is 0 Å². The Bertz CT molecular complexity index is 1080. The highest BCUT2D eigenvalue weighted by Crippen LogP contribution is 2.35. The minimum atomic E-state index is -0.496. The van der Waals surface area contributed by atoms with E-state index < -0.39 is 17.9 Å². The van der Waals surface area contributed by atoms with E-state index >= 15 is 0 Å². The minimum absolute atomic E-state index is 0.144. The van der Waals surface area contributed by atoms with Crippen LogP contribution in [0.3, 0.4) is 0 Å². The molecule has 8 nitrogen and oxygen atoms in total. The smallest absolute Gasteiger partial charge is 0.344 e. The van der Waals surface area contributed by atoms with Crippen LogP contribution in [0.4, 0.5) is 4.79 Å². The van der Waals surface area contributed by atoms with Gasteiger partial charge in [0.1, 0.15) is 5.70 Å². The van der Waals surface area contributed by atoms with Crippen LogP contribution >= 0.6 is 15.9 Å². The van der Waals surface area contributed by atoms with Gasteiger partial charge in [0.2, 0.25) is 0 Å². The van der Waals surface area contributed by atoms with E-state index in [1.165, 1.54) is 7.11 Å². The third kappa shape index (κ3) is 5.47. The fraction of sp³-hybridized carbons (Fsp3) is 0.261. The number of aryl methyl sites for hydroxylation is 1. The van der Waals surface area contributed by atoms with Crippen LogP contribution in [0.2, 0.25) is 0 Å². The van der Waals surface area contributed by atoms with Crippen molar-refractivity contribution in [2.45, 2.75) is 20.4 Å². The van der Waals surface area contributed by atoms with Gasteiger partial charge in [0.05, 0.1) is 20.3 Å². The molecule has 0 radical (unpaired) electrons. The number of nitrogens with one attached hydrogen (secondary N) is 1. The van der Waals surface area contributed by atoms with Crippen LogP contribution in [0.1, 0.15) is 23.6 Å². The van der Waals surface area contributed by atoms with E-state index in [2.05, 4.69) is 21.2 Å². The summed E-state index contributed by atoms with van der Waals surface area (Å²) in [4.78, 5) is 37.9. The molecule has 1 aliphatic heterocycles. The highest BCUT2D eigenvalue weighted by atomic mass is 79.9. The first kappa shape index (κ1) is 23.3. The first-order chi connectivity index (χ1) is 15.3. The lowest BCUT2D eigenvalue weighted by Crippen LogP contribution is -2.30. The molecule has 9 heteroatoms. The molecule has 1 aliphatic rings. The molecule has 1 fully saturated rings. The fourth-order valence-corrected chi connectivity index (χ4v) is 3.57. The first-order valence-electron chi connectivity index (χ1n) is 9.88. The average molecular weight is 503 g/mol. The number of carbonyl (C=O) groups is 3. The molecule has 0 atom stereocenters. The summed E-state index contributed by atoms with van der Waals surface area (Å²) in [5.74, 6) is -0.231. The molecule has 2 aromatic rings. The quantitative estimate of drug-likeness (QED) is 0.335. The maximum absolute atomic E-state index is 12.8. The van der Waals surface area contributed by atoms with E-state index in [9.17, 15) is 14.4 Å². The maximum atomic E-state index is 12.8. The number of urea groups is 1. The zero-order valence-electron chi connectivity index (χ0n) is 17.9. The number of hydrogen-bond donors (Lipinski definition) is 1. The molecule has 0 aliphatic carbocycles. The molecule has 1 N–H and O–H groups in total. The van der Waals surface area contributed by atoms with E-state index in [1.807, 2.05) is 31.2 Å².